The minimum atomic E-state index is -0.184. The highest BCUT2D eigenvalue weighted by Crippen LogP contribution is 2.23. The number of nitrogens with one attached hydrogen (secondary N) is 1. The number of ether oxygens (including phenoxy) is 1. The first-order chi connectivity index (χ1) is 7.18. The zero-order valence-electron chi connectivity index (χ0n) is 8.45. The minimum Gasteiger partial charge on any atom is -0.383 e. The number of rotatable bonds is 1. The molecule has 0 aromatic carbocycles. The Morgan fingerprint density at radius 3 is 3.07 bits per heavy atom. The number of aromatic nitrogens is 2. The fourth-order valence-corrected chi connectivity index (χ4v) is 2.22. The van der Waals surface area contributed by atoms with Crippen molar-refractivity contribution in [3.05, 3.63) is 21.7 Å². The number of aromatic amines is 1. The number of nitrogens with zero attached hydrogens (tertiary/aromatic N) is 1. The molecule has 0 spiro atoms. The molecule has 15 heavy (non-hydrogen) atoms. The van der Waals surface area contributed by atoms with E-state index in [1.54, 1.807) is 18.7 Å². The van der Waals surface area contributed by atoms with Crippen molar-refractivity contribution in [3.63, 3.8) is 0 Å². The molecule has 5 nitrogen and oxygen atoms in total. The molecule has 1 unspecified atom stereocenters. The lowest BCUT2D eigenvalue weighted by molar-refractivity contribution is 0.0693. The molecule has 3 N–H and O–H groups in total. The monoisotopic (exact) mass is 227 g/mol. The van der Waals surface area contributed by atoms with Crippen LogP contribution < -0.4 is 11.3 Å². The largest absolute Gasteiger partial charge is 0.383 e. The van der Waals surface area contributed by atoms with Gasteiger partial charge in [0.1, 0.15) is 17.7 Å². The molecule has 1 aromatic rings. The Labute approximate surface area is 91.4 Å². The Kier molecular flexibility index (Phi) is 2.97. The second-order valence-electron chi connectivity index (χ2n) is 3.40. The van der Waals surface area contributed by atoms with Gasteiger partial charge in [0, 0.05) is 11.5 Å². The molecule has 0 bridgehead atoms. The van der Waals surface area contributed by atoms with Crippen LogP contribution in [-0.4, -0.2) is 28.1 Å². The van der Waals surface area contributed by atoms with E-state index in [0.29, 0.717) is 18.0 Å². The Morgan fingerprint density at radius 2 is 2.47 bits per heavy atom. The first kappa shape index (κ1) is 10.5. The molecule has 2 rings (SSSR count). The van der Waals surface area contributed by atoms with Gasteiger partial charge in [-0.15, -0.1) is 0 Å². The molecule has 1 aromatic heterocycles. The summed E-state index contributed by atoms with van der Waals surface area (Å²) in [5, 5.41) is 0. The maximum Gasteiger partial charge on any atom is 0.255 e. The van der Waals surface area contributed by atoms with Crippen LogP contribution in [0.25, 0.3) is 0 Å². The van der Waals surface area contributed by atoms with Gasteiger partial charge in [-0.25, -0.2) is 4.98 Å². The van der Waals surface area contributed by atoms with Gasteiger partial charge in [-0.1, -0.05) is 0 Å². The molecule has 0 aliphatic carbocycles. The summed E-state index contributed by atoms with van der Waals surface area (Å²) in [7, 11) is 0. The predicted molar refractivity (Wildman–Crippen MR) is 60.0 cm³/mol. The molecule has 1 saturated heterocycles. The molecule has 0 radical (unpaired) electrons. The molecule has 6 heteroatoms. The summed E-state index contributed by atoms with van der Waals surface area (Å²) < 4.78 is 5.50. The highest BCUT2D eigenvalue weighted by Gasteiger charge is 2.19. The Bertz CT molecular complexity index is 412. The summed E-state index contributed by atoms with van der Waals surface area (Å²) in [5.74, 6) is 2.62. The zero-order chi connectivity index (χ0) is 10.8. The van der Waals surface area contributed by atoms with Crippen molar-refractivity contribution in [2.75, 3.05) is 23.8 Å². The smallest absolute Gasteiger partial charge is 0.255 e. The van der Waals surface area contributed by atoms with Crippen LogP contribution in [0.2, 0.25) is 0 Å². The molecular formula is C9H13N3O2S. The minimum absolute atomic E-state index is 0.139. The quantitative estimate of drug-likeness (QED) is 0.728. The summed E-state index contributed by atoms with van der Waals surface area (Å²) in [4.78, 5) is 18.3. The van der Waals surface area contributed by atoms with E-state index in [1.165, 1.54) is 0 Å². The van der Waals surface area contributed by atoms with Crippen molar-refractivity contribution in [2.24, 2.45) is 0 Å². The van der Waals surface area contributed by atoms with Crippen molar-refractivity contribution in [1.29, 1.82) is 0 Å². The standard InChI is InChI=1S/C9H13N3O2S/c1-5-7(10)11-8(12-9(5)13)6-4-15-3-2-14-6/h6H,2-4H2,1H3,(H3,10,11,12,13). The summed E-state index contributed by atoms with van der Waals surface area (Å²) in [6.45, 7) is 2.34. The Balaban J connectivity index is 2.32. The topological polar surface area (TPSA) is 81.0 Å². The van der Waals surface area contributed by atoms with Crippen LogP contribution in [0.4, 0.5) is 5.82 Å². The van der Waals surface area contributed by atoms with Gasteiger partial charge >= 0.3 is 0 Å². The van der Waals surface area contributed by atoms with Crippen LogP contribution in [0, 0.1) is 6.92 Å². The van der Waals surface area contributed by atoms with E-state index in [-0.39, 0.29) is 17.5 Å². The van der Waals surface area contributed by atoms with Gasteiger partial charge in [0.25, 0.3) is 5.56 Å². The molecule has 2 heterocycles. The van der Waals surface area contributed by atoms with E-state index in [9.17, 15) is 4.79 Å². The molecular weight excluding hydrogens is 214 g/mol. The van der Waals surface area contributed by atoms with E-state index in [1.807, 2.05) is 0 Å². The lowest BCUT2D eigenvalue weighted by Gasteiger charge is -2.21. The second-order valence-corrected chi connectivity index (χ2v) is 4.55. The fraction of sp³-hybridized carbons (Fsp3) is 0.556. The van der Waals surface area contributed by atoms with Crippen LogP contribution in [0.5, 0.6) is 0 Å². The van der Waals surface area contributed by atoms with Gasteiger partial charge in [-0.05, 0) is 6.92 Å². The van der Waals surface area contributed by atoms with Gasteiger partial charge < -0.3 is 15.5 Å². The van der Waals surface area contributed by atoms with Crippen molar-refractivity contribution < 1.29 is 4.74 Å². The third-order valence-corrected chi connectivity index (χ3v) is 3.32. The molecule has 82 valence electrons. The van der Waals surface area contributed by atoms with E-state index >= 15 is 0 Å². The van der Waals surface area contributed by atoms with Gasteiger partial charge in [-0.2, -0.15) is 11.8 Å². The van der Waals surface area contributed by atoms with Crippen molar-refractivity contribution in [2.45, 2.75) is 13.0 Å². The number of anilines is 1. The number of nitrogen functional groups attached to an aromatic ring is 1. The van der Waals surface area contributed by atoms with E-state index in [0.717, 1.165) is 11.5 Å². The molecule has 0 saturated carbocycles. The maximum absolute atomic E-state index is 11.5. The second kappa shape index (κ2) is 4.24. The number of thioether (sulfide) groups is 1. The average Bonchev–Trinajstić information content (AvgIpc) is 2.26. The van der Waals surface area contributed by atoms with Crippen LogP contribution >= 0.6 is 11.8 Å². The first-order valence-electron chi connectivity index (χ1n) is 4.74. The molecule has 1 fully saturated rings. The average molecular weight is 227 g/mol. The molecule has 1 atom stereocenters. The summed E-state index contributed by atoms with van der Waals surface area (Å²) in [6.07, 6.45) is -0.139. The summed E-state index contributed by atoms with van der Waals surface area (Å²) >= 11 is 1.79. The number of hydrogen-bond acceptors (Lipinski definition) is 5. The third kappa shape index (κ3) is 2.15. The summed E-state index contributed by atoms with van der Waals surface area (Å²) in [5.41, 5.74) is 5.91. The molecule has 1 aliphatic rings. The lowest BCUT2D eigenvalue weighted by Crippen LogP contribution is -2.24. The number of nitrogens with two attached hydrogens (primary N) is 1. The van der Waals surface area contributed by atoms with Gasteiger partial charge in [-0.3, -0.25) is 4.79 Å². The molecule has 1 aliphatic heterocycles. The summed E-state index contributed by atoms with van der Waals surface area (Å²) in [6, 6.07) is 0. The fourth-order valence-electron chi connectivity index (χ4n) is 1.37. The molecule has 0 amide bonds. The Morgan fingerprint density at radius 1 is 1.67 bits per heavy atom. The zero-order valence-corrected chi connectivity index (χ0v) is 9.26. The van der Waals surface area contributed by atoms with E-state index in [2.05, 4.69) is 9.97 Å². The van der Waals surface area contributed by atoms with Crippen LogP contribution in [0.15, 0.2) is 4.79 Å². The van der Waals surface area contributed by atoms with Crippen molar-refractivity contribution >= 4 is 17.6 Å². The number of H-pyrrole nitrogens is 1. The van der Waals surface area contributed by atoms with Crippen LogP contribution in [-0.2, 0) is 4.74 Å². The highest BCUT2D eigenvalue weighted by molar-refractivity contribution is 7.99. The SMILES string of the molecule is Cc1c(N)nc(C2CSCCO2)[nH]c1=O. The van der Waals surface area contributed by atoms with Crippen molar-refractivity contribution in [3.8, 4) is 0 Å². The maximum atomic E-state index is 11.5. The van der Waals surface area contributed by atoms with Gasteiger partial charge in [0.05, 0.1) is 12.2 Å². The van der Waals surface area contributed by atoms with Crippen molar-refractivity contribution in [1.82, 2.24) is 9.97 Å². The van der Waals surface area contributed by atoms with E-state index < -0.39 is 0 Å². The first-order valence-corrected chi connectivity index (χ1v) is 5.89. The van der Waals surface area contributed by atoms with Crippen LogP contribution in [0.3, 0.4) is 0 Å². The van der Waals surface area contributed by atoms with Gasteiger partial charge in [0.2, 0.25) is 0 Å². The number of hydrogen-bond donors (Lipinski definition) is 2. The Hall–Kier alpha value is -1.01. The van der Waals surface area contributed by atoms with Crippen LogP contribution in [0.1, 0.15) is 17.5 Å². The van der Waals surface area contributed by atoms with E-state index in [4.69, 9.17) is 10.5 Å². The third-order valence-electron chi connectivity index (χ3n) is 2.33. The van der Waals surface area contributed by atoms with Gasteiger partial charge in [0.15, 0.2) is 0 Å². The highest BCUT2D eigenvalue weighted by atomic mass is 32.2. The lowest BCUT2D eigenvalue weighted by atomic mass is 10.3. The predicted octanol–water partition coefficient (Wildman–Crippen LogP) is 0.465. The normalized spacial score (nSPS) is 21.5.